The Balaban J connectivity index is 1.74. The van der Waals surface area contributed by atoms with Gasteiger partial charge in [0.2, 0.25) is 0 Å². The molecule has 0 bridgehead atoms. The number of nitrogens with zero attached hydrogens (tertiary/aromatic N) is 3. The Morgan fingerprint density at radius 3 is 2.80 bits per heavy atom. The van der Waals surface area contributed by atoms with E-state index in [1.807, 2.05) is 61.5 Å². The predicted octanol–water partition coefficient (Wildman–Crippen LogP) is 3.84. The lowest BCUT2D eigenvalue weighted by Gasteiger charge is -2.14. The fourth-order valence-corrected chi connectivity index (χ4v) is 3.03. The van der Waals surface area contributed by atoms with Gasteiger partial charge in [-0.15, -0.1) is 0 Å². The molecule has 2 N–H and O–H groups in total. The molecule has 0 aliphatic rings. The van der Waals surface area contributed by atoms with E-state index < -0.39 is 0 Å². The number of rotatable bonds is 4. The number of nitrogens with two attached hydrogens (primary N) is 1. The molecule has 0 spiro atoms. The molecular formula is C20H18N4O. The minimum Gasteiger partial charge on any atom is -0.356 e. The molecule has 124 valence electrons. The number of aromatic nitrogens is 3. The van der Waals surface area contributed by atoms with Crippen LogP contribution in [0.4, 0.5) is 0 Å². The highest BCUT2D eigenvalue weighted by Gasteiger charge is 2.19. The third-order valence-electron chi connectivity index (χ3n) is 4.20. The largest absolute Gasteiger partial charge is 0.356 e. The maximum Gasteiger partial charge on any atom is 0.167 e. The van der Waals surface area contributed by atoms with Crippen molar-refractivity contribution in [3.8, 4) is 11.3 Å². The number of hydrogen-bond donors (Lipinski definition) is 1. The third-order valence-corrected chi connectivity index (χ3v) is 4.20. The first kappa shape index (κ1) is 15.5. The predicted molar refractivity (Wildman–Crippen MR) is 96.8 cm³/mol. The van der Waals surface area contributed by atoms with E-state index in [9.17, 15) is 0 Å². The number of aryl methyl sites for hydroxylation is 1. The standard InChI is InChI=1S/C20H18N4O/c1-13-6-4-7-14(23-13)12-17(21)20-16(9-5-11-22-20)19-15-8-2-3-10-18(15)25-24-19/h2-11,17H,12,21H2,1H3/t17-/m0/s1. The number of hydrogen-bond acceptors (Lipinski definition) is 5. The van der Waals surface area contributed by atoms with Gasteiger partial charge in [0.05, 0.1) is 11.7 Å². The van der Waals surface area contributed by atoms with E-state index in [0.717, 1.165) is 39.3 Å². The monoisotopic (exact) mass is 330 g/mol. The van der Waals surface area contributed by atoms with Gasteiger partial charge < -0.3 is 10.3 Å². The SMILES string of the molecule is Cc1cccc(C[C@H](N)c2ncccc2-c2noc3ccccc23)n1. The maximum atomic E-state index is 6.47. The van der Waals surface area contributed by atoms with Gasteiger partial charge in [-0.1, -0.05) is 23.4 Å². The molecule has 5 nitrogen and oxygen atoms in total. The first-order valence-electron chi connectivity index (χ1n) is 8.20. The summed E-state index contributed by atoms with van der Waals surface area (Å²) in [5, 5.41) is 5.20. The first-order chi connectivity index (χ1) is 12.2. The summed E-state index contributed by atoms with van der Waals surface area (Å²) >= 11 is 0. The van der Waals surface area contributed by atoms with Gasteiger partial charge >= 0.3 is 0 Å². The molecule has 1 aromatic carbocycles. The molecule has 0 amide bonds. The molecule has 4 rings (SSSR count). The van der Waals surface area contributed by atoms with Crippen molar-refractivity contribution in [2.75, 3.05) is 0 Å². The molecule has 5 heteroatoms. The maximum absolute atomic E-state index is 6.47. The fraction of sp³-hybridized carbons (Fsp3) is 0.150. The summed E-state index contributed by atoms with van der Waals surface area (Å²) in [5.74, 6) is 0. The molecule has 0 unspecified atom stereocenters. The smallest absolute Gasteiger partial charge is 0.167 e. The Morgan fingerprint density at radius 1 is 1.04 bits per heavy atom. The van der Waals surface area contributed by atoms with Gasteiger partial charge in [0, 0.05) is 35.0 Å². The molecule has 4 aromatic rings. The summed E-state index contributed by atoms with van der Waals surface area (Å²) in [4.78, 5) is 9.06. The van der Waals surface area contributed by atoms with Crippen molar-refractivity contribution in [1.82, 2.24) is 15.1 Å². The Labute approximate surface area is 145 Å². The molecule has 3 aromatic heterocycles. The Morgan fingerprint density at radius 2 is 1.92 bits per heavy atom. The highest BCUT2D eigenvalue weighted by molar-refractivity contribution is 5.92. The first-order valence-corrected chi connectivity index (χ1v) is 8.20. The summed E-state index contributed by atoms with van der Waals surface area (Å²) < 4.78 is 5.44. The minimum absolute atomic E-state index is 0.277. The second-order valence-electron chi connectivity index (χ2n) is 6.04. The van der Waals surface area contributed by atoms with Gasteiger partial charge in [-0.3, -0.25) is 9.97 Å². The zero-order chi connectivity index (χ0) is 17.2. The van der Waals surface area contributed by atoms with Crippen LogP contribution >= 0.6 is 0 Å². The van der Waals surface area contributed by atoms with Crippen LogP contribution in [0, 0.1) is 6.92 Å². The van der Waals surface area contributed by atoms with Crippen molar-refractivity contribution in [2.45, 2.75) is 19.4 Å². The lowest BCUT2D eigenvalue weighted by atomic mass is 9.99. The van der Waals surface area contributed by atoms with E-state index in [0.29, 0.717) is 6.42 Å². The van der Waals surface area contributed by atoms with E-state index in [1.54, 1.807) is 6.20 Å². The van der Waals surface area contributed by atoms with Crippen molar-refractivity contribution >= 4 is 11.0 Å². The van der Waals surface area contributed by atoms with Gasteiger partial charge in [-0.05, 0) is 43.3 Å². The molecule has 3 heterocycles. The number of pyridine rings is 2. The summed E-state index contributed by atoms with van der Waals surface area (Å²) in [6.45, 7) is 1.97. The Kier molecular flexibility index (Phi) is 3.99. The number of fused-ring (bicyclic) bond motifs is 1. The fourth-order valence-electron chi connectivity index (χ4n) is 3.03. The molecule has 0 saturated carbocycles. The van der Waals surface area contributed by atoms with Gasteiger partial charge in [-0.2, -0.15) is 0 Å². The second-order valence-corrected chi connectivity index (χ2v) is 6.04. The lowest BCUT2D eigenvalue weighted by Crippen LogP contribution is -2.17. The molecule has 1 atom stereocenters. The average Bonchev–Trinajstić information content (AvgIpc) is 3.06. The van der Waals surface area contributed by atoms with Gasteiger partial charge in [0.25, 0.3) is 0 Å². The topological polar surface area (TPSA) is 77.8 Å². The summed E-state index contributed by atoms with van der Waals surface area (Å²) in [5.41, 5.74) is 11.6. The van der Waals surface area contributed by atoms with Crippen LogP contribution in [0.1, 0.15) is 23.1 Å². The molecule has 0 aliphatic carbocycles. The Bertz CT molecular complexity index is 1020. The molecule has 0 aliphatic heterocycles. The van der Waals surface area contributed by atoms with E-state index in [1.165, 1.54) is 0 Å². The van der Waals surface area contributed by atoms with Crippen molar-refractivity contribution in [3.05, 3.63) is 77.9 Å². The van der Waals surface area contributed by atoms with Crippen LogP contribution in [0.5, 0.6) is 0 Å². The number of para-hydroxylation sites is 1. The van der Waals surface area contributed by atoms with Crippen molar-refractivity contribution < 1.29 is 4.52 Å². The highest BCUT2D eigenvalue weighted by Crippen LogP contribution is 2.31. The second kappa shape index (κ2) is 6.45. The number of benzene rings is 1. The average molecular weight is 330 g/mol. The van der Waals surface area contributed by atoms with Crippen LogP contribution in [0.3, 0.4) is 0 Å². The van der Waals surface area contributed by atoms with Gasteiger partial charge in [0.15, 0.2) is 5.58 Å². The molecule has 0 radical (unpaired) electrons. The van der Waals surface area contributed by atoms with Crippen LogP contribution in [0.2, 0.25) is 0 Å². The van der Waals surface area contributed by atoms with E-state index >= 15 is 0 Å². The summed E-state index contributed by atoms with van der Waals surface area (Å²) in [7, 11) is 0. The van der Waals surface area contributed by atoms with E-state index in [-0.39, 0.29) is 6.04 Å². The summed E-state index contributed by atoms with van der Waals surface area (Å²) in [6.07, 6.45) is 2.37. The highest BCUT2D eigenvalue weighted by atomic mass is 16.5. The quantitative estimate of drug-likeness (QED) is 0.615. The molecule has 0 saturated heterocycles. The normalized spacial score (nSPS) is 12.4. The van der Waals surface area contributed by atoms with E-state index in [2.05, 4.69) is 15.1 Å². The zero-order valence-corrected chi connectivity index (χ0v) is 13.9. The zero-order valence-electron chi connectivity index (χ0n) is 13.9. The Hall–Kier alpha value is -3.05. The van der Waals surface area contributed by atoms with Crippen LogP contribution < -0.4 is 5.73 Å². The van der Waals surface area contributed by atoms with Crippen molar-refractivity contribution in [3.63, 3.8) is 0 Å². The van der Waals surface area contributed by atoms with Gasteiger partial charge in [-0.25, -0.2) is 0 Å². The minimum atomic E-state index is -0.277. The van der Waals surface area contributed by atoms with Crippen LogP contribution in [0.25, 0.3) is 22.2 Å². The summed E-state index contributed by atoms with van der Waals surface area (Å²) in [6, 6.07) is 17.3. The van der Waals surface area contributed by atoms with Crippen LogP contribution in [-0.2, 0) is 6.42 Å². The van der Waals surface area contributed by atoms with Crippen molar-refractivity contribution in [2.24, 2.45) is 5.73 Å². The lowest BCUT2D eigenvalue weighted by molar-refractivity contribution is 0.459. The third kappa shape index (κ3) is 3.02. The van der Waals surface area contributed by atoms with Gasteiger partial charge in [0.1, 0.15) is 5.69 Å². The van der Waals surface area contributed by atoms with E-state index in [4.69, 9.17) is 10.3 Å². The van der Waals surface area contributed by atoms with Crippen molar-refractivity contribution in [1.29, 1.82) is 0 Å². The molecule has 25 heavy (non-hydrogen) atoms. The molecule has 0 fully saturated rings. The van der Waals surface area contributed by atoms with Crippen LogP contribution in [-0.4, -0.2) is 15.1 Å². The van der Waals surface area contributed by atoms with Crippen LogP contribution in [0.15, 0.2) is 65.3 Å². The molecular weight excluding hydrogens is 312 g/mol.